The van der Waals surface area contributed by atoms with Gasteiger partial charge in [0, 0.05) is 32.6 Å². The first-order chi connectivity index (χ1) is 14.5. The van der Waals surface area contributed by atoms with Gasteiger partial charge in [0.05, 0.1) is 11.5 Å². The van der Waals surface area contributed by atoms with Crippen molar-refractivity contribution in [3.8, 4) is 0 Å². The number of hydrogen-bond donors (Lipinski definition) is 1. The van der Waals surface area contributed by atoms with E-state index in [1.807, 2.05) is 58.3 Å². The Balaban J connectivity index is 1.33. The first-order valence-electron chi connectivity index (χ1n) is 10.9. The molecule has 0 aliphatic carbocycles. The lowest BCUT2D eigenvalue weighted by Crippen LogP contribution is -2.51. The molecule has 0 saturated carbocycles. The molecule has 5 nitrogen and oxygen atoms in total. The van der Waals surface area contributed by atoms with Gasteiger partial charge < -0.3 is 14.9 Å². The van der Waals surface area contributed by atoms with Gasteiger partial charge >= 0.3 is 0 Å². The molecule has 0 bridgehead atoms. The van der Waals surface area contributed by atoms with Gasteiger partial charge in [0.15, 0.2) is 0 Å². The van der Waals surface area contributed by atoms with Gasteiger partial charge in [-0.3, -0.25) is 9.59 Å². The maximum Gasteiger partial charge on any atom is 0.227 e. The van der Waals surface area contributed by atoms with Gasteiger partial charge in [-0.2, -0.15) is 0 Å². The minimum atomic E-state index is -0.859. The molecule has 0 unspecified atom stereocenters. The highest BCUT2D eigenvalue weighted by atomic mass is 16.3. The molecule has 158 valence electrons. The van der Waals surface area contributed by atoms with Gasteiger partial charge in [-0.25, -0.2) is 0 Å². The van der Waals surface area contributed by atoms with Gasteiger partial charge in [0.1, 0.15) is 0 Å². The fraction of sp³-hybridized carbons (Fsp3) is 0.440. The minimum Gasteiger partial charge on any atom is -0.385 e. The highest BCUT2D eigenvalue weighted by Crippen LogP contribution is 2.33. The van der Waals surface area contributed by atoms with Gasteiger partial charge in [-0.1, -0.05) is 60.7 Å². The summed E-state index contributed by atoms with van der Waals surface area (Å²) < 4.78 is 0. The summed E-state index contributed by atoms with van der Waals surface area (Å²) in [5.74, 6) is 0.135. The van der Waals surface area contributed by atoms with Crippen LogP contribution >= 0.6 is 0 Å². The lowest BCUT2D eigenvalue weighted by molar-refractivity contribution is -0.146. The van der Waals surface area contributed by atoms with Crippen LogP contribution in [0, 0.1) is 5.92 Å². The zero-order chi connectivity index (χ0) is 21.0. The van der Waals surface area contributed by atoms with Gasteiger partial charge in [-0.05, 0) is 36.8 Å². The van der Waals surface area contributed by atoms with Crippen LogP contribution in [-0.2, 0) is 21.6 Å². The Hall–Kier alpha value is -2.66. The van der Waals surface area contributed by atoms with Crippen molar-refractivity contribution in [1.82, 2.24) is 9.80 Å². The van der Waals surface area contributed by atoms with E-state index in [-0.39, 0.29) is 17.7 Å². The van der Waals surface area contributed by atoms with E-state index >= 15 is 0 Å². The topological polar surface area (TPSA) is 60.9 Å². The molecule has 2 aliphatic rings. The standard InChI is InChI=1S/C25H30N2O3/c28-23-12-11-21(19-27(23)16-13-20-7-3-1-4-8-20)24(29)26-17-14-25(30,15-18-26)22-9-5-2-6-10-22/h1-10,21,30H,11-19H2/t21-/m0/s1. The Bertz CT molecular complexity index is 860. The molecule has 0 spiro atoms. The van der Waals surface area contributed by atoms with Crippen LogP contribution < -0.4 is 0 Å². The molecule has 1 N–H and O–H groups in total. The van der Waals surface area contributed by atoms with Gasteiger partial charge in [0.25, 0.3) is 0 Å². The van der Waals surface area contributed by atoms with E-state index < -0.39 is 5.60 Å². The van der Waals surface area contributed by atoms with Crippen molar-refractivity contribution < 1.29 is 14.7 Å². The number of carbonyl (C=O) groups excluding carboxylic acids is 2. The number of carbonyl (C=O) groups is 2. The quantitative estimate of drug-likeness (QED) is 0.830. The molecule has 2 saturated heterocycles. The summed E-state index contributed by atoms with van der Waals surface area (Å²) >= 11 is 0. The summed E-state index contributed by atoms with van der Waals surface area (Å²) in [6.45, 7) is 2.27. The third-order valence-electron chi connectivity index (χ3n) is 6.58. The molecular formula is C25H30N2O3. The molecule has 2 aliphatic heterocycles. The Morgan fingerprint density at radius 3 is 2.30 bits per heavy atom. The number of hydrogen-bond acceptors (Lipinski definition) is 3. The van der Waals surface area contributed by atoms with E-state index in [0.29, 0.717) is 51.9 Å². The van der Waals surface area contributed by atoms with E-state index in [4.69, 9.17) is 0 Å². The SMILES string of the molecule is O=C1CC[C@H](C(=O)N2CCC(O)(c3ccccc3)CC2)CN1CCc1ccccc1. The summed E-state index contributed by atoms with van der Waals surface area (Å²) in [6.07, 6.45) is 2.96. The molecule has 2 aromatic rings. The monoisotopic (exact) mass is 406 g/mol. The predicted molar refractivity (Wildman–Crippen MR) is 116 cm³/mol. The second-order valence-electron chi connectivity index (χ2n) is 8.53. The minimum absolute atomic E-state index is 0.127. The summed E-state index contributed by atoms with van der Waals surface area (Å²) in [5.41, 5.74) is 1.27. The summed E-state index contributed by atoms with van der Waals surface area (Å²) in [5, 5.41) is 11.0. The van der Waals surface area contributed by atoms with Crippen LogP contribution in [0.1, 0.15) is 36.8 Å². The third kappa shape index (κ3) is 4.57. The fourth-order valence-electron chi connectivity index (χ4n) is 4.63. The maximum atomic E-state index is 13.1. The average molecular weight is 407 g/mol. The van der Waals surface area contributed by atoms with Crippen molar-refractivity contribution in [3.63, 3.8) is 0 Å². The first-order valence-corrected chi connectivity index (χ1v) is 10.9. The molecule has 2 aromatic carbocycles. The Labute approximate surface area is 178 Å². The normalized spacial score (nSPS) is 21.5. The van der Waals surface area contributed by atoms with Crippen LogP contribution in [-0.4, -0.2) is 52.9 Å². The van der Waals surface area contributed by atoms with E-state index in [9.17, 15) is 14.7 Å². The lowest BCUT2D eigenvalue weighted by Gasteiger charge is -2.41. The second kappa shape index (κ2) is 9.00. The molecule has 2 heterocycles. The molecule has 1 atom stereocenters. The van der Waals surface area contributed by atoms with Crippen molar-refractivity contribution in [3.05, 3.63) is 71.8 Å². The first kappa shape index (κ1) is 20.6. The maximum absolute atomic E-state index is 13.1. The Morgan fingerprint density at radius 2 is 1.63 bits per heavy atom. The summed E-state index contributed by atoms with van der Waals surface area (Å²) in [6, 6.07) is 19.9. The van der Waals surface area contributed by atoms with E-state index in [0.717, 1.165) is 12.0 Å². The van der Waals surface area contributed by atoms with Crippen molar-refractivity contribution in [2.75, 3.05) is 26.2 Å². The van der Waals surface area contributed by atoms with Gasteiger partial charge in [0.2, 0.25) is 11.8 Å². The molecular weight excluding hydrogens is 376 g/mol. The molecule has 0 radical (unpaired) electrons. The molecule has 2 fully saturated rings. The molecule has 30 heavy (non-hydrogen) atoms. The number of benzene rings is 2. The average Bonchev–Trinajstić information content (AvgIpc) is 2.80. The van der Waals surface area contributed by atoms with Crippen LogP contribution in [0.25, 0.3) is 0 Å². The molecule has 2 amide bonds. The van der Waals surface area contributed by atoms with Crippen molar-refractivity contribution in [2.45, 2.75) is 37.7 Å². The highest BCUT2D eigenvalue weighted by molar-refractivity contribution is 5.84. The van der Waals surface area contributed by atoms with Crippen LogP contribution in [0.15, 0.2) is 60.7 Å². The number of amides is 2. The largest absolute Gasteiger partial charge is 0.385 e. The summed E-state index contributed by atoms with van der Waals surface area (Å²) in [4.78, 5) is 29.2. The predicted octanol–water partition coefficient (Wildman–Crippen LogP) is 2.98. The molecule has 5 heteroatoms. The smallest absolute Gasteiger partial charge is 0.227 e. The number of piperidine rings is 2. The zero-order valence-corrected chi connectivity index (χ0v) is 17.4. The van der Waals surface area contributed by atoms with Crippen molar-refractivity contribution in [2.24, 2.45) is 5.92 Å². The van der Waals surface area contributed by atoms with E-state index in [1.165, 1.54) is 5.56 Å². The lowest BCUT2D eigenvalue weighted by atomic mass is 9.84. The Morgan fingerprint density at radius 1 is 1.00 bits per heavy atom. The van der Waals surface area contributed by atoms with E-state index in [2.05, 4.69) is 12.1 Å². The number of aliphatic hydroxyl groups is 1. The fourth-order valence-corrected chi connectivity index (χ4v) is 4.63. The van der Waals surface area contributed by atoms with Crippen LogP contribution in [0.4, 0.5) is 0 Å². The number of nitrogens with zero attached hydrogens (tertiary/aromatic N) is 2. The third-order valence-corrected chi connectivity index (χ3v) is 6.58. The highest BCUT2D eigenvalue weighted by Gasteiger charge is 2.38. The van der Waals surface area contributed by atoms with Crippen LogP contribution in [0.3, 0.4) is 0 Å². The second-order valence-corrected chi connectivity index (χ2v) is 8.53. The number of likely N-dealkylation sites (tertiary alicyclic amines) is 2. The van der Waals surface area contributed by atoms with Crippen LogP contribution in [0.5, 0.6) is 0 Å². The van der Waals surface area contributed by atoms with Crippen molar-refractivity contribution in [1.29, 1.82) is 0 Å². The Kier molecular flexibility index (Phi) is 6.18. The number of rotatable bonds is 5. The van der Waals surface area contributed by atoms with Crippen LogP contribution in [0.2, 0.25) is 0 Å². The summed E-state index contributed by atoms with van der Waals surface area (Å²) in [7, 11) is 0. The molecule has 4 rings (SSSR count). The van der Waals surface area contributed by atoms with Crippen molar-refractivity contribution >= 4 is 11.8 Å². The van der Waals surface area contributed by atoms with Gasteiger partial charge in [-0.15, -0.1) is 0 Å². The molecule has 0 aromatic heterocycles. The van der Waals surface area contributed by atoms with E-state index in [1.54, 1.807) is 0 Å². The zero-order valence-electron chi connectivity index (χ0n) is 17.4.